The van der Waals surface area contributed by atoms with Crippen molar-refractivity contribution in [3.63, 3.8) is 0 Å². The molecule has 1 aliphatic heterocycles. The average Bonchev–Trinajstić information content (AvgIpc) is 3.32. The molecule has 2 atom stereocenters. The second-order valence-electron chi connectivity index (χ2n) is 8.52. The third-order valence-corrected chi connectivity index (χ3v) is 8.20. The molecule has 0 radical (unpaired) electrons. The summed E-state index contributed by atoms with van der Waals surface area (Å²) < 4.78 is 4.78. The molecular weight excluding hydrogens is 502 g/mol. The molecule has 37 heavy (non-hydrogen) atoms. The standard InChI is InChI=1S/C29H23N3O3S2/c1-20-16-18-23(19-17-20)31-26(21-10-4-2-5-11-21)28(27(33)22-12-6-3-7-13-22)36-29(31)30-37-25-15-9-8-14-24(25)32(34)35/h2-19,26,28H,1H3/b30-29-/t26-,28+/m0/s1. The van der Waals surface area contributed by atoms with Crippen LogP contribution in [0.1, 0.15) is 27.5 Å². The molecule has 1 fully saturated rings. The summed E-state index contributed by atoms with van der Waals surface area (Å²) in [4.78, 5) is 27.5. The molecule has 6 nitrogen and oxygen atoms in total. The molecule has 1 heterocycles. The van der Waals surface area contributed by atoms with E-state index in [1.165, 1.54) is 17.8 Å². The molecule has 4 aromatic rings. The van der Waals surface area contributed by atoms with Gasteiger partial charge in [0.15, 0.2) is 11.0 Å². The minimum absolute atomic E-state index is 0.00162. The van der Waals surface area contributed by atoms with Crippen LogP contribution in [0.3, 0.4) is 0 Å². The molecule has 8 heteroatoms. The highest BCUT2D eigenvalue weighted by Crippen LogP contribution is 2.47. The number of nitrogens with zero attached hydrogens (tertiary/aromatic N) is 3. The van der Waals surface area contributed by atoms with Gasteiger partial charge in [0.05, 0.1) is 11.0 Å². The number of hydrogen-bond donors (Lipinski definition) is 0. The zero-order chi connectivity index (χ0) is 25.8. The fourth-order valence-corrected chi connectivity index (χ4v) is 6.38. The lowest BCUT2D eigenvalue weighted by Gasteiger charge is -2.28. The van der Waals surface area contributed by atoms with Crippen molar-refractivity contribution in [2.45, 2.75) is 23.1 Å². The topological polar surface area (TPSA) is 75.8 Å². The van der Waals surface area contributed by atoms with E-state index < -0.39 is 10.2 Å². The molecule has 4 aromatic carbocycles. The highest BCUT2D eigenvalue weighted by molar-refractivity contribution is 8.16. The van der Waals surface area contributed by atoms with Crippen LogP contribution < -0.4 is 4.90 Å². The maximum atomic E-state index is 13.8. The zero-order valence-corrected chi connectivity index (χ0v) is 21.6. The number of amidine groups is 1. The molecule has 0 N–H and O–H groups in total. The lowest BCUT2D eigenvalue weighted by molar-refractivity contribution is -0.387. The first-order valence-electron chi connectivity index (χ1n) is 11.7. The molecule has 184 valence electrons. The number of hydrogen-bond acceptors (Lipinski definition) is 6. The van der Waals surface area contributed by atoms with Gasteiger partial charge in [0.2, 0.25) is 0 Å². The number of nitro groups is 1. The van der Waals surface area contributed by atoms with Gasteiger partial charge in [0.1, 0.15) is 10.1 Å². The van der Waals surface area contributed by atoms with Crippen LogP contribution in [0.15, 0.2) is 118 Å². The van der Waals surface area contributed by atoms with Crippen molar-refractivity contribution in [2.24, 2.45) is 4.40 Å². The third-order valence-electron chi connectivity index (χ3n) is 6.06. The van der Waals surface area contributed by atoms with Crippen molar-refractivity contribution in [3.8, 4) is 0 Å². The monoisotopic (exact) mass is 525 g/mol. The largest absolute Gasteiger partial charge is 0.311 e. The van der Waals surface area contributed by atoms with E-state index in [2.05, 4.69) is 4.90 Å². The quantitative estimate of drug-likeness (QED) is 0.108. The fourth-order valence-electron chi connectivity index (χ4n) is 4.24. The third kappa shape index (κ3) is 5.30. The van der Waals surface area contributed by atoms with Gasteiger partial charge in [-0.05, 0) is 30.7 Å². The number of anilines is 1. The molecule has 0 saturated carbocycles. The predicted molar refractivity (Wildman–Crippen MR) is 151 cm³/mol. The number of Topliss-reactive ketones (excluding diaryl/α,β-unsaturated/α-hetero) is 1. The van der Waals surface area contributed by atoms with Crippen LogP contribution >= 0.6 is 23.7 Å². The van der Waals surface area contributed by atoms with Gasteiger partial charge in [-0.3, -0.25) is 14.9 Å². The molecule has 0 aliphatic carbocycles. The van der Waals surface area contributed by atoms with Crippen LogP contribution in [0.25, 0.3) is 0 Å². The van der Waals surface area contributed by atoms with Crippen LogP contribution in [-0.2, 0) is 0 Å². The Morgan fingerprint density at radius 2 is 1.51 bits per heavy atom. The number of para-hydroxylation sites is 1. The van der Waals surface area contributed by atoms with E-state index in [4.69, 9.17) is 4.40 Å². The molecule has 0 amide bonds. The van der Waals surface area contributed by atoms with E-state index in [-0.39, 0.29) is 17.5 Å². The Morgan fingerprint density at radius 3 is 2.19 bits per heavy atom. The SMILES string of the molecule is Cc1ccc(N2/C(=N/Sc3ccccc3[N+](=O)[O-])S[C@@H](C(=O)c3ccccc3)[C@@H]2c2ccccc2)cc1. The number of rotatable bonds is 7. The van der Waals surface area contributed by atoms with Crippen LogP contribution in [0, 0.1) is 17.0 Å². The van der Waals surface area contributed by atoms with E-state index in [9.17, 15) is 14.9 Å². The van der Waals surface area contributed by atoms with E-state index in [1.807, 2.05) is 91.9 Å². The Kier molecular flexibility index (Phi) is 7.39. The Labute approximate surface area is 223 Å². The van der Waals surface area contributed by atoms with E-state index in [1.54, 1.807) is 18.2 Å². The molecule has 1 aliphatic rings. The van der Waals surface area contributed by atoms with Crippen LogP contribution in [-0.4, -0.2) is 21.1 Å². The number of ketones is 1. The summed E-state index contributed by atoms with van der Waals surface area (Å²) >= 11 is 2.45. The number of carbonyl (C=O) groups is 1. The van der Waals surface area contributed by atoms with E-state index in [0.717, 1.165) is 28.8 Å². The van der Waals surface area contributed by atoms with E-state index >= 15 is 0 Å². The maximum absolute atomic E-state index is 13.8. The Bertz CT molecular complexity index is 1440. The van der Waals surface area contributed by atoms with Crippen molar-refractivity contribution in [3.05, 3.63) is 136 Å². The second-order valence-corrected chi connectivity index (χ2v) is 10.4. The molecule has 0 bridgehead atoms. The number of aryl methyl sites for hydroxylation is 1. The van der Waals surface area contributed by atoms with Crippen LogP contribution in [0.4, 0.5) is 11.4 Å². The van der Waals surface area contributed by atoms with Gasteiger partial charge in [-0.25, -0.2) is 0 Å². The van der Waals surface area contributed by atoms with E-state index in [0.29, 0.717) is 15.6 Å². The first-order valence-corrected chi connectivity index (χ1v) is 13.3. The van der Waals surface area contributed by atoms with Crippen molar-refractivity contribution in [2.75, 3.05) is 4.90 Å². The molecule has 0 unspecified atom stereocenters. The normalized spacial score (nSPS) is 18.2. The van der Waals surface area contributed by atoms with Crippen molar-refractivity contribution in [1.82, 2.24) is 0 Å². The molecular formula is C29H23N3O3S2. The molecule has 0 spiro atoms. The summed E-state index contributed by atoms with van der Waals surface area (Å²) in [5.74, 6) is 0.0115. The summed E-state index contributed by atoms with van der Waals surface area (Å²) in [6, 6.07) is 33.5. The zero-order valence-electron chi connectivity index (χ0n) is 19.9. The van der Waals surface area contributed by atoms with Gasteiger partial charge in [-0.15, -0.1) is 0 Å². The Hall–Kier alpha value is -3.88. The first-order chi connectivity index (χ1) is 18.0. The summed E-state index contributed by atoms with van der Waals surface area (Å²) in [5, 5.41) is 11.7. The van der Waals surface area contributed by atoms with Gasteiger partial charge in [0, 0.05) is 29.3 Å². The van der Waals surface area contributed by atoms with Gasteiger partial charge >= 0.3 is 0 Å². The predicted octanol–water partition coefficient (Wildman–Crippen LogP) is 7.51. The van der Waals surface area contributed by atoms with Crippen molar-refractivity contribution >= 4 is 46.0 Å². The van der Waals surface area contributed by atoms with Crippen LogP contribution in [0.5, 0.6) is 0 Å². The summed E-state index contributed by atoms with van der Waals surface area (Å²) in [5.41, 5.74) is 3.65. The number of thioether (sulfide) groups is 1. The number of nitro benzene ring substituents is 1. The average molecular weight is 526 g/mol. The first kappa shape index (κ1) is 24.8. The summed E-state index contributed by atoms with van der Waals surface area (Å²) in [6.07, 6.45) is 0. The Balaban J connectivity index is 1.62. The minimum Gasteiger partial charge on any atom is -0.311 e. The van der Waals surface area contributed by atoms with Gasteiger partial charge in [-0.1, -0.05) is 102 Å². The van der Waals surface area contributed by atoms with Crippen molar-refractivity contribution < 1.29 is 9.72 Å². The number of benzene rings is 4. The molecule has 1 saturated heterocycles. The molecule has 0 aromatic heterocycles. The lowest BCUT2D eigenvalue weighted by Crippen LogP contribution is -2.33. The number of carbonyl (C=O) groups excluding carboxylic acids is 1. The van der Waals surface area contributed by atoms with Gasteiger partial charge < -0.3 is 4.90 Å². The minimum atomic E-state index is -0.462. The highest BCUT2D eigenvalue weighted by atomic mass is 32.2. The Morgan fingerprint density at radius 1 is 0.892 bits per heavy atom. The highest BCUT2D eigenvalue weighted by Gasteiger charge is 2.45. The fraction of sp³-hybridized carbons (Fsp3) is 0.103. The van der Waals surface area contributed by atoms with Gasteiger partial charge in [0.25, 0.3) is 5.69 Å². The lowest BCUT2D eigenvalue weighted by atomic mass is 9.96. The van der Waals surface area contributed by atoms with Crippen LogP contribution in [0.2, 0.25) is 0 Å². The van der Waals surface area contributed by atoms with Crippen molar-refractivity contribution in [1.29, 1.82) is 0 Å². The maximum Gasteiger partial charge on any atom is 0.284 e. The van der Waals surface area contributed by atoms with Gasteiger partial charge in [-0.2, -0.15) is 4.40 Å². The summed E-state index contributed by atoms with van der Waals surface area (Å²) in [6.45, 7) is 2.03. The summed E-state index contributed by atoms with van der Waals surface area (Å²) in [7, 11) is 0. The smallest absolute Gasteiger partial charge is 0.284 e. The second kappa shape index (κ2) is 11.0. The molecule has 5 rings (SSSR count).